The zero-order valence-electron chi connectivity index (χ0n) is 11.7. The van der Waals surface area contributed by atoms with Crippen LogP contribution in [0.2, 0.25) is 0 Å². The van der Waals surface area contributed by atoms with E-state index in [1.165, 1.54) is 6.07 Å². The second kappa shape index (κ2) is 5.20. The van der Waals surface area contributed by atoms with Gasteiger partial charge in [0.05, 0.1) is 11.6 Å². The Kier molecular flexibility index (Phi) is 3.37. The summed E-state index contributed by atoms with van der Waals surface area (Å²) < 4.78 is 13.2. The van der Waals surface area contributed by atoms with Crippen molar-refractivity contribution in [3.63, 3.8) is 0 Å². The number of rotatable bonds is 3. The van der Waals surface area contributed by atoms with E-state index in [4.69, 9.17) is 5.11 Å². The maximum absolute atomic E-state index is 13.2. The Bertz CT molecular complexity index is 712. The van der Waals surface area contributed by atoms with E-state index in [0.717, 1.165) is 35.2 Å². The first kappa shape index (κ1) is 13.6. The number of carbonyl (C=O) groups is 1. The molecule has 3 rings (SSSR count). The van der Waals surface area contributed by atoms with Gasteiger partial charge in [-0.05, 0) is 60.7 Å². The number of aromatic carboxylic acids is 1. The summed E-state index contributed by atoms with van der Waals surface area (Å²) in [4.78, 5) is 11.2. The van der Waals surface area contributed by atoms with E-state index in [1.54, 1.807) is 25.1 Å². The average molecular weight is 285 g/mol. The van der Waals surface area contributed by atoms with Gasteiger partial charge in [0.25, 0.3) is 0 Å². The van der Waals surface area contributed by atoms with E-state index in [1.807, 2.05) is 12.1 Å². The fraction of sp³-hybridized carbons (Fsp3) is 0.235. The lowest BCUT2D eigenvalue weighted by molar-refractivity contribution is 0.0696. The number of aryl methyl sites for hydroxylation is 1. The van der Waals surface area contributed by atoms with Crippen LogP contribution in [0.1, 0.15) is 39.5 Å². The van der Waals surface area contributed by atoms with Crippen LogP contribution >= 0.6 is 0 Å². The highest BCUT2D eigenvalue weighted by molar-refractivity contribution is 5.91. The molecule has 0 aromatic heterocycles. The lowest BCUT2D eigenvalue weighted by Crippen LogP contribution is -2.10. The van der Waals surface area contributed by atoms with Crippen LogP contribution in [0.15, 0.2) is 36.4 Å². The van der Waals surface area contributed by atoms with Gasteiger partial charge in [-0.2, -0.15) is 0 Å². The Morgan fingerprint density at radius 3 is 2.90 bits per heavy atom. The Morgan fingerprint density at radius 1 is 1.33 bits per heavy atom. The van der Waals surface area contributed by atoms with Crippen LogP contribution in [-0.4, -0.2) is 11.1 Å². The maximum atomic E-state index is 13.2. The highest BCUT2D eigenvalue weighted by atomic mass is 19.1. The molecule has 0 saturated heterocycles. The molecule has 0 bridgehead atoms. The lowest BCUT2D eigenvalue weighted by Gasteiger charge is -2.18. The van der Waals surface area contributed by atoms with Crippen LogP contribution in [0.5, 0.6) is 0 Å². The molecule has 3 nitrogen and oxygen atoms in total. The third-order valence-corrected chi connectivity index (χ3v) is 4.08. The second-order valence-electron chi connectivity index (χ2n) is 5.36. The van der Waals surface area contributed by atoms with Crippen LogP contribution in [0.3, 0.4) is 0 Å². The minimum absolute atomic E-state index is 0.100. The van der Waals surface area contributed by atoms with E-state index in [9.17, 15) is 9.18 Å². The lowest BCUT2D eigenvalue weighted by atomic mass is 10.0. The molecule has 1 atom stereocenters. The first-order valence-corrected chi connectivity index (χ1v) is 6.94. The van der Waals surface area contributed by atoms with Crippen molar-refractivity contribution >= 4 is 11.7 Å². The number of benzene rings is 2. The number of nitrogens with one attached hydrogen (secondary N) is 1. The summed E-state index contributed by atoms with van der Waals surface area (Å²) in [6, 6.07) is 10.2. The predicted octanol–water partition coefficient (Wildman–Crippen LogP) is 3.93. The van der Waals surface area contributed by atoms with Gasteiger partial charge in [-0.1, -0.05) is 12.1 Å². The third kappa shape index (κ3) is 2.49. The third-order valence-electron chi connectivity index (χ3n) is 4.08. The van der Waals surface area contributed by atoms with Crippen molar-refractivity contribution < 1.29 is 14.3 Å². The summed E-state index contributed by atoms with van der Waals surface area (Å²) in [5.74, 6) is -1.14. The fourth-order valence-corrected chi connectivity index (χ4v) is 2.95. The largest absolute Gasteiger partial charge is 0.478 e. The first-order valence-electron chi connectivity index (χ1n) is 6.94. The predicted molar refractivity (Wildman–Crippen MR) is 79.2 cm³/mol. The van der Waals surface area contributed by atoms with E-state index < -0.39 is 5.97 Å². The summed E-state index contributed by atoms with van der Waals surface area (Å²) >= 11 is 0. The van der Waals surface area contributed by atoms with Gasteiger partial charge in [-0.15, -0.1) is 0 Å². The molecule has 2 aromatic carbocycles. The van der Waals surface area contributed by atoms with Gasteiger partial charge in [-0.3, -0.25) is 0 Å². The molecule has 0 fully saturated rings. The van der Waals surface area contributed by atoms with E-state index in [2.05, 4.69) is 5.32 Å². The highest BCUT2D eigenvalue weighted by Crippen LogP contribution is 2.35. The van der Waals surface area contributed by atoms with Crippen LogP contribution in [0.4, 0.5) is 10.1 Å². The quantitative estimate of drug-likeness (QED) is 0.898. The molecule has 2 N–H and O–H groups in total. The summed E-state index contributed by atoms with van der Waals surface area (Å²) in [5.41, 5.74) is 3.96. The number of carboxylic acid groups (broad SMARTS) is 1. The second-order valence-corrected chi connectivity index (χ2v) is 5.36. The fourth-order valence-electron chi connectivity index (χ4n) is 2.95. The average Bonchev–Trinajstić information content (AvgIpc) is 2.83. The van der Waals surface area contributed by atoms with Gasteiger partial charge in [0.15, 0.2) is 0 Å². The van der Waals surface area contributed by atoms with Gasteiger partial charge in [-0.25, -0.2) is 9.18 Å². The number of hydrogen-bond donors (Lipinski definition) is 2. The van der Waals surface area contributed by atoms with Gasteiger partial charge in [0.1, 0.15) is 5.82 Å². The first-order chi connectivity index (χ1) is 10.1. The number of anilines is 1. The van der Waals surface area contributed by atoms with E-state index >= 15 is 0 Å². The van der Waals surface area contributed by atoms with Crippen molar-refractivity contribution in [2.24, 2.45) is 0 Å². The molecular weight excluding hydrogens is 269 g/mol. The molecule has 0 amide bonds. The number of carboxylic acids is 1. The van der Waals surface area contributed by atoms with Crippen LogP contribution < -0.4 is 5.32 Å². The van der Waals surface area contributed by atoms with E-state index in [-0.39, 0.29) is 11.9 Å². The van der Waals surface area contributed by atoms with Gasteiger partial charge in [0, 0.05) is 5.69 Å². The summed E-state index contributed by atoms with van der Waals surface area (Å²) in [7, 11) is 0. The molecule has 21 heavy (non-hydrogen) atoms. The van der Waals surface area contributed by atoms with Crippen molar-refractivity contribution in [1.82, 2.24) is 0 Å². The van der Waals surface area contributed by atoms with Crippen molar-refractivity contribution in [1.29, 1.82) is 0 Å². The summed E-state index contributed by atoms with van der Waals surface area (Å²) in [6.07, 6.45) is 1.72. The Hall–Kier alpha value is -2.36. The zero-order valence-corrected chi connectivity index (χ0v) is 11.7. The molecule has 0 aliphatic heterocycles. The SMILES string of the molecule is Cc1c(NC2CCc3cc(F)ccc32)cccc1C(=O)O. The molecule has 0 heterocycles. The van der Waals surface area contributed by atoms with Crippen molar-refractivity contribution in [2.75, 3.05) is 5.32 Å². The maximum Gasteiger partial charge on any atom is 0.336 e. The van der Waals surface area contributed by atoms with Crippen molar-refractivity contribution in [2.45, 2.75) is 25.8 Å². The molecule has 0 spiro atoms. The summed E-state index contributed by atoms with van der Waals surface area (Å²) in [6.45, 7) is 1.80. The Labute approximate surface area is 122 Å². The molecule has 0 saturated carbocycles. The minimum Gasteiger partial charge on any atom is -0.478 e. The number of halogens is 1. The van der Waals surface area contributed by atoms with E-state index in [0.29, 0.717) is 5.56 Å². The highest BCUT2D eigenvalue weighted by Gasteiger charge is 2.23. The smallest absolute Gasteiger partial charge is 0.336 e. The molecule has 1 aliphatic rings. The van der Waals surface area contributed by atoms with Crippen LogP contribution in [0.25, 0.3) is 0 Å². The molecule has 2 aromatic rings. The Morgan fingerprint density at radius 2 is 2.14 bits per heavy atom. The number of hydrogen-bond acceptors (Lipinski definition) is 2. The van der Waals surface area contributed by atoms with Crippen molar-refractivity contribution in [3.05, 3.63) is 64.5 Å². The molecule has 108 valence electrons. The number of fused-ring (bicyclic) bond motifs is 1. The van der Waals surface area contributed by atoms with Crippen LogP contribution in [-0.2, 0) is 6.42 Å². The van der Waals surface area contributed by atoms with Crippen molar-refractivity contribution in [3.8, 4) is 0 Å². The standard InChI is InChI=1S/C17H16FNO2/c1-10-13(17(20)21)3-2-4-15(10)19-16-8-5-11-9-12(18)6-7-14(11)16/h2-4,6-7,9,16,19H,5,8H2,1H3,(H,20,21). The molecular formula is C17H16FNO2. The Balaban J connectivity index is 1.90. The van der Waals surface area contributed by atoms with Gasteiger partial charge in [0.2, 0.25) is 0 Å². The molecule has 1 aliphatic carbocycles. The zero-order chi connectivity index (χ0) is 15.0. The van der Waals surface area contributed by atoms with Gasteiger partial charge < -0.3 is 10.4 Å². The molecule has 0 radical (unpaired) electrons. The summed E-state index contributed by atoms with van der Waals surface area (Å²) in [5, 5.41) is 12.6. The minimum atomic E-state index is -0.926. The molecule has 1 unspecified atom stereocenters. The topological polar surface area (TPSA) is 49.3 Å². The molecule has 4 heteroatoms. The normalized spacial score (nSPS) is 16.6. The van der Waals surface area contributed by atoms with Gasteiger partial charge >= 0.3 is 5.97 Å². The van der Waals surface area contributed by atoms with Crippen LogP contribution in [0, 0.1) is 12.7 Å². The monoisotopic (exact) mass is 285 g/mol.